The minimum absolute atomic E-state index is 0.177. The molecule has 0 fully saturated rings. The lowest BCUT2D eigenvalue weighted by atomic mass is 10.1. The number of nitriles is 1. The van der Waals surface area contributed by atoms with E-state index < -0.39 is 0 Å². The topological polar surface area (TPSA) is 50.1 Å². The van der Waals surface area contributed by atoms with Gasteiger partial charge < -0.3 is 4.74 Å². The summed E-state index contributed by atoms with van der Waals surface area (Å²) in [5.74, 6) is 0.257. The van der Waals surface area contributed by atoms with Gasteiger partial charge in [0.25, 0.3) is 0 Å². The Morgan fingerprint density at radius 1 is 1.60 bits per heavy atom. The molecule has 0 aliphatic rings. The molecule has 78 valence electrons. The van der Waals surface area contributed by atoms with Gasteiger partial charge in [-0.2, -0.15) is 5.26 Å². The zero-order chi connectivity index (χ0) is 11.4. The van der Waals surface area contributed by atoms with Crippen molar-refractivity contribution in [3.63, 3.8) is 0 Å². The molecule has 0 saturated carbocycles. The van der Waals surface area contributed by atoms with Gasteiger partial charge in [-0.15, -0.1) is 0 Å². The van der Waals surface area contributed by atoms with Crippen molar-refractivity contribution in [2.24, 2.45) is 0 Å². The minimum Gasteiger partial charge on any atom is -0.492 e. The quantitative estimate of drug-likeness (QED) is 0.741. The number of ether oxygens (including phenoxy) is 1. The third kappa shape index (κ3) is 2.48. The number of rotatable bonds is 3. The summed E-state index contributed by atoms with van der Waals surface area (Å²) < 4.78 is 5.23. The van der Waals surface area contributed by atoms with Crippen molar-refractivity contribution >= 4 is 17.4 Å². The molecule has 0 aromatic heterocycles. The van der Waals surface area contributed by atoms with Crippen molar-refractivity contribution < 1.29 is 9.53 Å². The molecule has 4 heteroatoms. The molecule has 0 atom stereocenters. The number of Topliss-reactive ketones (excluding diaryl/α,β-unsaturated/α-hetero) is 1. The smallest absolute Gasteiger partial charge is 0.161 e. The molecule has 0 amide bonds. The van der Waals surface area contributed by atoms with E-state index in [0.717, 1.165) is 0 Å². The Morgan fingerprint density at radius 2 is 2.27 bits per heavy atom. The molecule has 0 aliphatic heterocycles. The molecule has 1 aromatic carbocycles. The number of hydrogen-bond acceptors (Lipinski definition) is 3. The van der Waals surface area contributed by atoms with E-state index in [1.54, 1.807) is 0 Å². The van der Waals surface area contributed by atoms with Gasteiger partial charge in [0.1, 0.15) is 5.75 Å². The summed E-state index contributed by atoms with van der Waals surface area (Å²) >= 11 is 5.88. The Balaban J connectivity index is 3.32. The zero-order valence-electron chi connectivity index (χ0n) is 8.50. The number of carbonyl (C=O) groups excluding carboxylic acids is 1. The summed E-state index contributed by atoms with van der Waals surface area (Å²) in [5, 5.41) is 9.16. The second-order valence-corrected chi connectivity index (χ2v) is 3.34. The molecule has 0 N–H and O–H groups in total. The highest BCUT2D eigenvalue weighted by atomic mass is 35.5. The maximum Gasteiger partial charge on any atom is 0.161 e. The first kappa shape index (κ1) is 11.5. The van der Waals surface area contributed by atoms with Crippen LogP contribution in [0.2, 0.25) is 5.02 Å². The van der Waals surface area contributed by atoms with Gasteiger partial charge in [0.15, 0.2) is 5.78 Å². The highest BCUT2D eigenvalue weighted by Gasteiger charge is 2.12. The average Bonchev–Trinajstić information content (AvgIpc) is 2.20. The minimum atomic E-state index is -0.177. The molecule has 1 rings (SSSR count). The second-order valence-electron chi connectivity index (χ2n) is 2.93. The van der Waals surface area contributed by atoms with Crippen molar-refractivity contribution in [2.75, 3.05) is 6.61 Å². The van der Waals surface area contributed by atoms with Crippen LogP contribution in [0.15, 0.2) is 12.1 Å². The molecule has 0 heterocycles. The normalized spacial score (nSPS) is 9.47. The Hall–Kier alpha value is -1.53. The van der Waals surface area contributed by atoms with E-state index >= 15 is 0 Å². The molecule has 15 heavy (non-hydrogen) atoms. The Bertz CT molecular complexity index is 435. The third-order valence-corrected chi connectivity index (χ3v) is 2.17. The fraction of sp³-hybridized carbons (Fsp3) is 0.273. The molecule has 0 saturated heterocycles. The first-order valence-corrected chi connectivity index (χ1v) is 4.85. The number of hydrogen-bond donors (Lipinski definition) is 0. The molecule has 3 nitrogen and oxygen atoms in total. The third-order valence-electron chi connectivity index (χ3n) is 1.87. The summed E-state index contributed by atoms with van der Waals surface area (Å²) in [6, 6.07) is 4.88. The summed E-state index contributed by atoms with van der Waals surface area (Å²) in [4.78, 5) is 11.2. The molecule has 0 spiro atoms. The van der Waals surface area contributed by atoms with Gasteiger partial charge in [-0.05, 0) is 26.0 Å². The van der Waals surface area contributed by atoms with E-state index in [0.29, 0.717) is 22.9 Å². The van der Waals surface area contributed by atoms with Gasteiger partial charge in [0.05, 0.1) is 23.3 Å². The predicted octanol–water partition coefficient (Wildman–Crippen LogP) is 2.81. The fourth-order valence-corrected chi connectivity index (χ4v) is 1.42. The van der Waals surface area contributed by atoms with Crippen LogP contribution in [0.5, 0.6) is 5.75 Å². The van der Waals surface area contributed by atoms with Crippen LogP contribution in [0.1, 0.15) is 29.8 Å². The van der Waals surface area contributed by atoms with Crippen molar-refractivity contribution in [1.82, 2.24) is 0 Å². The SMILES string of the molecule is CCOc1cc(C(C)=O)c(C#N)cc1Cl. The number of benzene rings is 1. The largest absolute Gasteiger partial charge is 0.492 e. The number of halogens is 1. The van der Waals surface area contributed by atoms with Gasteiger partial charge in [-0.25, -0.2) is 0 Å². The van der Waals surface area contributed by atoms with Crippen molar-refractivity contribution in [3.8, 4) is 11.8 Å². The Kier molecular flexibility index (Phi) is 3.70. The number of ketones is 1. The molecular formula is C11H10ClNO2. The van der Waals surface area contributed by atoms with Crippen LogP contribution in [0.3, 0.4) is 0 Å². The molecule has 0 aliphatic carbocycles. The lowest BCUT2D eigenvalue weighted by Crippen LogP contribution is -2.00. The van der Waals surface area contributed by atoms with Crippen LogP contribution >= 0.6 is 11.6 Å². The maximum atomic E-state index is 11.2. The van der Waals surface area contributed by atoms with E-state index in [1.165, 1.54) is 19.1 Å². The van der Waals surface area contributed by atoms with Gasteiger partial charge in [-0.1, -0.05) is 11.6 Å². The fourth-order valence-electron chi connectivity index (χ4n) is 1.20. The van der Waals surface area contributed by atoms with E-state index in [4.69, 9.17) is 21.6 Å². The van der Waals surface area contributed by atoms with Crippen LogP contribution in [-0.2, 0) is 0 Å². The first-order valence-electron chi connectivity index (χ1n) is 4.47. The highest BCUT2D eigenvalue weighted by Crippen LogP contribution is 2.28. The monoisotopic (exact) mass is 223 g/mol. The summed E-state index contributed by atoms with van der Waals surface area (Å²) in [7, 11) is 0. The molecule has 0 bridgehead atoms. The number of carbonyl (C=O) groups is 1. The van der Waals surface area contributed by atoms with Crippen LogP contribution in [-0.4, -0.2) is 12.4 Å². The second kappa shape index (κ2) is 4.81. The first-order chi connectivity index (χ1) is 7.10. The van der Waals surface area contributed by atoms with Gasteiger partial charge >= 0.3 is 0 Å². The van der Waals surface area contributed by atoms with Crippen molar-refractivity contribution in [2.45, 2.75) is 13.8 Å². The van der Waals surface area contributed by atoms with Crippen LogP contribution in [0.4, 0.5) is 0 Å². The highest BCUT2D eigenvalue weighted by molar-refractivity contribution is 6.32. The Morgan fingerprint density at radius 3 is 2.73 bits per heavy atom. The van der Waals surface area contributed by atoms with Gasteiger partial charge in [0, 0.05) is 5.56 Å². The summed E-state index contributed by atoms with van der Waals surface area (Å²) in [6.07, 6.45) is 0. The predicted molar refractivity (Wildman–Crippen MR) is 57.3 cm³/mol. The molecule has 0 unspecified atom stereocenters. The molecule has 0 radical (unpaired) electrons. The van der Waals surface area contributed by atoms with Gasteiger partial charge in [0.2, 0.25) is 0 Å². The van der Waals surface area contributed by atoms with Crippen LogP contribution in [0, 0.1) is 11.3 Å². The van der Waals surface area contributed by atoms with E-state index in [-0.39, 0.29) is 11.3 Å². The Labute approximate surface area is 93.2 Å². The zero-order valence-corrected chi connectivity index (χ0v) is 9.26. The van der Waals surface area contributed by atoms with E-state index in [2.05, 4.69) is 0 Å². The van der Waals surface area contributed by atoms with Crippen LogP contribution < -0.4 is 4.74 Å². The summed E-state index contributed by atoms with van der Waals surface area (Å²) in [5.41, 5.74) is 0.612. The summed E-state index contributed by atoms with van der Waals surface area (Å²) in [6.45, 7) is 3.69. The van der Waals surface area contributed by atoms with E-state index in [1.807, 2.05) is 13.0 Å². The standard InChI is InChI=1S/C11H10ClNO2/c1-3-15-11-5-9(7(2)14)8(6-13)4-10(11)12/h4-5H,3H2,1-2H3. The van der Waals surface area contributed by atoms with Crippen molar-refractivity contribution in [3.05, 3.63) is 28.3 Å². The molecular weight excluding hydrogens is 214 g/mol. The maximum absolute atomic E-state index is 11.2. The van der Waals surface area contributed by atoms with E-state index in [9.17, 15) is 4.79 Å². The number of nitrogens with zero attached hydrogens (tertiary/aromatic N) is 1. The van der Waals surface area contributed by atoms with Gasteiger partial charge in [-0.3, -0.25) is 4.79 Å². The average molecular weight is 224 g/mol. The molecule has 1 aromatic rings. The lowest BCUT2D eigenvalue weighted by molar-refractivity contribution is 0.101. The van der Waals surface area contributed by atoms with Crippen LogP contribution in [0.25, 0.3) is 0 Å². The lowest BCUT2D eigenvalue weighted by Gasteiger charge is -2.08. The van der Waals surface area contributed by atoms with Crippen molar-refractivity contribution in [1.29, 1.82) is 5.26 Å².